The van der Waals surface area contributed by atoms with E-state index in [1.807, 2.05) is 23.6 Å². The van der Waals surface area contributed by atoms with Crippen LogP contribution in [0.15, 0.2) is 40.6 Å². The predicted molar refractivity (Wildman–Crippen MR) is 102 cm³/mol. The van der Waals surface area contributed by atoms with E-state index in [0.717, 1.165) is 16.0 Å². The number of hydrogen-bond acceptors (Lipinski definition) is 5. The van der Waals surface area contributed by atoms with Crippen LogP contribution < -0.4 is 0 Å². The number of hydrogen-bond donors (Lipinski definition) is 0. The fraction of sp³-hybridized carbons (Fsp3) is 0.421. The van der Waals surface area contributed by atoms with Crippen molar-refractivity contribution in [3.63, 3.8) is 0 Å². The Balaban J connectivity index is 2.02. The van der Waals surface area contributed by atoms with Crippen LogP contribution in [0.3, 0.4) is 0 Å². The second kappa shape index (κ2) is 6.79. The van der Waals surface area contributed by atoms with Gasteiger partial charge >= 0.3 is 5.97 Å². The molecular weight excluding hydrogens is 370 g/mol. The average molecular weight is 394 g/mol. The van der Waals surface area contributed by atoms with Crippen LogP contribution in [0.4, 0.5) is 0 Å². The number of methoxy groups -OCH3 is 1. The summed E-state index contributed by atoms with van der Waals surface area (Å²) >= 11 is 1.54. The Morgan fingerprint density at radius 2 is 1.85 bits per heavy atom. The Labute approximate surface area is 158 Å². The topological polar surface area (TPSA) is 63.7 Å². The number of sulfonamides is 1. The molecule has 0 spiro atoms. The monoisotopic (exact) mass is 393 g/mol. The molecule has 1 unspecified atom stereocenters. The number of esters is 1. The van der Waals surface area contributed by atoms with Crippen LogP contribution in [0.5, 0.6) is 0 Å². The highest BCUT2D eigenvalue weighted by Gasteiger charge is 2.41. The zero-order chi connectivity index (χ0) is 19.1. The van der Waals surface area contributed by atoms with Gasteiger partial charge in [0.05, 0.1) is 12.0 Å². The van der Waals surface area contributed by atoms with E-state index < -0.39 is 22.0 Å². The van der Waals surface area contributed by atoms with Gasteiger partial charge in [-0.05, 0) is 46.5 Å². The summed E-state index contributed by atoms with van der Waals surface area (Å²) in [4.78, 5) is 13.6. The number of nitrogens with zero attached hydrogens (tertiary/aromatic N) is 1. The van der Waals surface area contributed by atoms with Gasteiger partial charge in [0.15, 0.2) is 0 Å². The molecule has 0 N–H and O–H groups in total. The van der Waals surface area contributed by atoms with E-state index in [1.165, 1.54) is 11.4 Å². The van der Waals surface area contributed by atoms with Crippen molar-refractivity contribution in [3.8, 4) is 0 Å². The number of fused-ring (bicyclic) bond motifs is 1. The third-order valence-corrected chi connectivity index (χ3v) is 7.55. The number of carbonyl (C=O) groups is 1. The number of ether oxygens (including phenoxy) is 1. The van der Waals surface area contributed by atoms with Crippen molar-refractivity contribution in [3.05, 3.63) is 51.7 Å². The lowest BCUT2D eigenvalue weighted by atomic mass is 9.87. The number of thiophene rings is 1. The minimum atomic E-state index is -3.81. The van der Waals surface area contributed by atoms with Crippen molar-refractivity contribution in [1.29, 1.82) is 0 Å². The van der Waals surface area contributed by atoms with Crippen molar-refractivity contribution in [2.45, 2.75) is 43.5 Å². The summed E-state index contributed by atoms with van der Waals surface area (Å²) in [7, 11) is -2.53. The van der Waals surface area contributed by atoms with Crippen molar-refractivity contribution in [2.24, 2.45) is 0 Å². The summed E-state index contributed by atoms with van der Waals surface area (Å²) in [6.07, 6.45) is 0.597. The molecule has 3 rings (SSSR count). The quantitative estimate of drug-likeness (QED) is 0.749. The summed E-state index contributed by atoms with van der Waals surface area (Å²) in [6.45, 7) is 6.49. The van der Waals surface area contributed by atoms with Gasteiger partial charge in [-0.2, -0.15) is 4.31 Å². The minimum Gasteiger partial charge on any atom is -0.468 e. The molecule has 1 aromatic heterocycles. The van der Waals surface area contributed by atoms with Gasteiger partial charge in [0.25, 0.3) is 0 Å². The fourth-order valence-electron chi connectivity index (χ4n) is 3.17. The second-order valence-electron chi connectivity index (χ2n) is 7.36. The van der Waals surface area contributed by atoms with Crippen molar-refractivity contribution < 1.29 is 17.9 Å². The van der Waals surface area contributed by atoms with Crippen molar-refractivity contribution in [2.75, 3.05) is 13.7 Å². The SMILES string of the molecule is COC(=O)C1c2ccsc2CCN1S(=O)(=O)c1ccc(C(C)(C)C)cc1. The van der Waals surface area contributed by atoms with Gasteiger partial charge in [0.2, 0.25) is 10.0 Å². The highest BCUT2D eigenvalue weighted by Crippen LogP contribution is 2.37. The molecular formula is C19H23NO4S2. The summed E-state index contributed by atoms with van der Waals surface area (Å²) in [5.74, 6) is -0.556. The van der Waals surface area contributed by atoms with E-state index in [-0.39, 0.29) is 16.9 Å². The van der Waals surface area contributed by atoms with Gasteiger partial charge in [-0.25, -0.2) is 13.2 Å². The van der Waals surface area contributed by atoms with Gasteiger partial charge < -0.3 is 4.74 Å². The molecule has 0 amide bonds. The maximum atomic E-state index is 13.2. The van der Waals surface area contributed by atoms with Gasteiger partial charge in [0.1, 0.15) is 6.04 Å². The molecule has 0 bridgehead atoms. The molecule has 140 valence electrons. The van der Waals surface area contributed by atoms with Gasteiger partial charge in [-0.1, -0.05) is 32.9 Å². The fourth-order valence-corrected chi connectivity index (χ4v) is 5.63. The van der Waals surface area contributed by atoms with Crippen LogP contribution in [0.2, 0.25) is 0 Å². The Bertz CT molecular complexity index is 908. The molecule has 5 nitrogen and oxygen atoms in total. The second-order valence-corrected chi connectivity index (χ2v) is 10.3. The molecule has 1 aliphatic rings. The summed E-state index contributed by atoms with van der Waals surface area (Å²) in [6, 6.07) is 7.79. The predicted octanol–water partition coefficient (Wildman–Crippen LogP) is 3.51. The van der Waals surface area contributed by atoms with E-state index in [1.54, 1.807) is 23.5 Å². The lowest BCUT2D eigenvalue weighted by molar-refractivity contribution is -0.145. The molecule has 0 fully saturated rings. The molecule has 0 saturated carbocycles. The molecule has 0 saturated heterocycles. The first kappa shape index (κ1) is 19.1. The van der Waals surface area contributed by atoms with Crippen LogP contribution in [-0.4, -0.2) is 32.3 Å². The van der Waals surface area contributed by atoms with Gasteiger partial charge in [-0.15, -0.1) is 11.3 Å². The Kier molecular flexibility index (Phi) is 4.98. The summed E-state index contributed by atoms with van der Waals surface area (Å²) in [5, 5.41) is 1.88. The van der Waals surface area contributed by atoms with E-state index in [4.69, 9.17) is 4.74 Å². The first-order valence-corrected chi connectivity index (χ1v) is 10.7. The smallest absolute Gasteiger partial charge is 0.328 e. The van der Waals surface area contributed by atoms with Crippen molar-refractivity contribution >= 4 is 27.3 Å². The third kappa shape index (κ3) is 3.31. The van der Waals surface area contributed by atoms with Crippen LogP contribution >= 0.6 is 11.3 Å². The molecule has 0 radical (unpaired) electrons. The standard InChI is InChI=1S/C19H23NO4S2/c1-19(2,3)13-5-7-14(8-6-13)26(22,23)20-11-9-16-15(10-12-25-16)17(20)18(21)24-4/h5-8,10,12,17H,9,11H2,1-4H3. The van der Waals surface area contributed by atoms with E-state index in [9.17, 15) is 13.2 Å². The van der Waals surface area contributed by atoms with Crippen LogP contribution in [-0.2, 0) is 31.4 Å². The maximum absolute atomic E-state index is 13.2. The molecule has 1 aliphatic heterocycles. The molecule has 2 heterocycles. The Morgan fingerprint density at radius 3 is 2.42 bits per heavy atom. The Hall–Kier alpha value is -1.70. The zero-order valence-corrected chi connectivity index (χ0v) is 17.0. The lowest BCUT2D eigenvalue weighted by Gasteiger charge is -2.33. The molecule has 7 heteroatoms. The highest BCUT2D eigenvalue weighted by molar-refractivity contribution is 7.89. The van der Waals surface area contributed by atoms with Crippen LogP contribution in [0.25, 0.3) is 0 Å². The van der Waals surface area contributed by atoms with Crippen molar-refractivity contribution in [1.82, 2.24) is 4.31 Å². The molecule has 0 aliphatic carbocycles. The molecule has 26 heavy (non-hydrogen) atoms. The normalized spacial score (nSPS) is 18.4. The van der Waals surface area contributed by atoms with Gasteiger partial charge in [-0.3, -0.25) is 0 Å². The van der Waals surface area contributed by atoms with Crippen LogP contribution in [0, 0.1) is 0 Å². The summed E-state index contributed by atoms with van der Waals surface area (Å²) in [5.41, 5.74) is 1.72. The highest BCUT2D eigenvalue weighted by atomic mass is 32.2. The average Bonchev–Trinajstić information content (AvgIpc) is 3.08. The Morgan fingerprint density at radius 1 is 1.19 bits per heavy atom. The molecule has 1 atom stereocenters. The number of rotatable bonds is 3. The first-order valence-electron chi connectivity index (χ1n) is 8.43. The van der Waals surface area contributed by atoms with E-state index >= 15 is 0 Å². The van der Waals surface area contributed by atoms with Crippen LogP contribution in [0.1, 0.15) is 42.8 Å². The first-order chi connectivity index (χ1) is 12.2. The summed E-state index contributed by atoms with van der Waals surface area (Å²) < 4.78 is 32.6. The third-order valence-electron chi connectivity index (χ3n) is 4.67. The number of benzene rings is 1. The minimum absolute atomic E-state index is 0.0620. The molecule has 2 aromatic rings. The number of carbonyl (C=O) groups excluding carboxylic acids is 1. The lowest BCUT2D eigenvalue weighted by Crippen LogP contribution is -2.43. The maximum Gasteiger partial charge on any atom is 0.328 e. The zero-order valence-electron chi connectivity index (χ0n) is 15.4. The van der Waals surface area contributed by atoms with Gasteiger partial charge in [0, 0.05) is 11.4 Å². The van der Waals surface area contributed by atoms with E-state index in [2.05, 4.69) is 20.8 Å². The largest absolute Gasteiger partial charge is 0.468 e. The molecule has 1 aromatic carbocycles. The van der Waals surface area contributed by atoms with E-state index in [0.29, 0.717) is 6.42 Å².